The predicted molar refractivity (Wildman–Crippen MR) is 76.2 cm³/mol. The van der Waals surface area contributed by atoms with Crippen molar-refractivity contribution in [3.05, 3.63) is 47.0 Å². The molecule has 0 aliphatic carbocycles. The summed E-state index contributed by atoms with van der Waals surface area (Å²) in [5.74, 6) is 0.902. The standard InChI is InChI=1S/C15H17N3O/c1-15(2)9-17-13-7-12(8-14(19)18(13)10-15)11-3-5-16-6-4-11/h3-8,17H,9-10H2,1-2H3. The zero-order valence-electron chi connectivity index (χ0n) is 11.2. The van der Waals surface area contributed by atoms with E-state index in [1.807, 2.05) is 22.8 Å². The van der Waals surface area contributed by atoms with Gasteiger partial charge in [0.15, 0.2) is 0 Å². The number of rotatable bonds is 1. The first-order valence-electron chi connectivity index (χ1n) is 6.44. The Hall–Kier alpha value is -2.10. The molecule has 0 saturated heterocycles. The van der Waals surface area contributed by atoms with Crippen LogP contribution in [0.1, 0.15) is 13.8 Å². The minimum absolute atomic E-state index is 0.0459. The fraction of sp³-hybridized carbons (Fsp3) is 0.333. The Kier molecular flexibility index (Phi) is 2.66. The second-order valence-corrected chi connectivity index (χ2v) is 5.81. The number of hydrogen-bond donors (Lipinski definition) is 1. The number of fused-ring (bicyclic) bond motifs is 1. The Labute approximate surface area is 112 Å². The van der Waals surface area contributed by atoms with Gasteiger partial charge in [0.1, 0.15) is 5.82 Å². The maximum Gasteiger partial charge on any atom is 0.252 e. The molecule has 0 bridgehead atoms. The molecule has 0 amide bonds. The third kappa shape index (κ3) is 2.26. The van der Waals surface area contributed by atoms with Crippen molar-refractivity contribution in [1.82, 2.24) is 9.55 Å². The topological polar surface area (TPSA) is 46.9 Å². The van der Waals surface area contributed by atoms with Gasteiger partial charge in [0, 0.05) is 37.0 Å². The molecule has 1 aliphatic rings. The van der Waals surface area contributed by atoms with E-state index in [9.17, 15) is 4.79 Å². The summed E-state index contributed by atoms with van der Waals surface area (Å²) in [6, 6.07) is 7.56. The molecule has 3 rings (SSSR count). The van der Waals surface area contributed by atoms with E-state index in [0.29, 0.717) is 0 Å². The lowest BCUT2D eigenvalue weighted by molar-refractivity contribution is 0.305. The number of hydrogen-bond acceptors (Lipinski definition) is 3. The highest BCUT2D eigenvalue weighted by Crippen LogP contribution is 2.28. The Morgan fingerprint density at radius 3 is 2.68 bits per heavy atom. The number of anilines is 1. The van der Waals surface area contributed by atoms with E-state index in [4.69, 9.17) is 0 Å². The highest BCUT2D eigenvalue weighted by Gasteiger charge is 2.25. The van der Waals surface area contributed by atoms with Gasteiger partial charge in [0.2, 0.25) is 0 Å². The molecule has 4 heteroatoms. The van der Waals surface area contributed by atoms with Crippen LogP contribution in [-0.2, 0) is 6.54 Å². The summed E-state index contributed by atoms with van der Waals surface area (Å²) >= 11 is 0. The molecule has 98 valence electrons. The van der Waals surface area contributed by atoms with Crippen LogP contribution in [0.4, 0.5) is 5.82 Å². The molecule has 0 unspecified atom stereocenters. The minimum Gasteiger partial charge on any atom is -0.371 e. The van der Waals surface area contributed by atoms with Gasteiger partial charge in [-0.2, -0.15) is 0 Å². The van der Waals surface area contributed by atoms with Gasteiger partial charge in [0.05, 0.1) is 0 Å². The van der Waals surface area contributed by atoms with Crippen molar-refractivity contribution in [3.63, 3.8) is 0 Å². The number of pyridine rings is 2. The van der Waals surface area contributed by atoms with Crippen molar-refractivity contribution in [1.29, 1.82) is 0 Å². The molecule has 0 saturated carbocycles. The van der Waals surface area contributed by atoms with Gasteiger partial charge >= 0.3 is 0 Å². The van der Waals surface area contributed by atoms with E-state index >= 15 is 0 Å². The van der Waals surface area contributed by atoms with Crippen LogP contribution in [-0.4, -0.2) is 16.1 Å². The van der Waals surface area contributed by atoms with Crippen molar-refractivity contribution < 1.29 is 0 Å². The summed E-state index contributed by atoms with van der Waals surface area (Å²) < 4.78 is 1.81. The van der Waals surface area contributed by atoms with Crippen LogP contribution in [0.2, 0.25) is 0 Å². The van der Waals surface area contributed by atoms with Crippen LogP contribution in [0.3, 0.4) is 0 Å². The summed E-state index contributed by atoms with van der Waals surface area (Å²) in [6.45, 7) is 5.95. The molecule has 19 heavy (non-hydrogen) atoms. The van der Waals surface area contributed by atoms with E-state index < -0.39 is 0 Å². The molecule has 0 radical (unpaired) electrons. The van der Waals surface area contributed by atoms with Gasteiger partial charge in [-0.25, -0.2) is 0 Å². The second-order valence-electron chi connectivity index (χ2n) is 5.81. The quantitative estimate of drug-likeness (QED) is 0.851. The first-order chi connectivity index (χ1) is 9.05. The van der Waals surface area contributed by atoms with Gasteiger partial charge < -0.3 is 5.32 Å². The van der Waals surface area contributed by atoms with Crippen LogP contribution in [0.15, 0.2) is 41.5 Å². The highest BCUT2D eigenvalue weighted by molar-refractivity contribution is 5.66. The largest absolute Gasteiger partial charge is 0.371 e. The van der Waals surface area contributed by atoms with Crippen molar-refractivity contribution >= 4 is 5.82 Å². The third-order valence-electron chi connectivity index (χ3n) is 3.48. The van der Waals surface area contributed by atoms with Gasteiger partial charge in [-0.3, -0.25) is 14.3 Å². The SMILES string of the molecule is CC1(C)CNc2cc(-c3ccncc3)cc(=O)n2C1. The summed E-state index contributed by atoms with van der Waals surface area (Å²) in [7, 11) is 0. The monoisotopic (exact) mass is 255 g/mol. The molecule has 0 fully saturated rings. The third-order valence-corrected chi connectivity index (χ3v) is 3.48. The molecule has 2 aromatic heterocycles. The van der Waals surface area contributed by atoms with Crippen LogP contribution < -0.4 is 10.9 Å². The van der Waals surface area contributed by atoms with Crippen LogP contribution in [0.5, 0.6) is 0 Å². The van der Waals surface area contributed by atoms with Gasteiger partial charge in [-0.05, 0) is 29.3 Å². The summed E-state index contributed by atoms with van der Waals surface area (Å²) in [4.78, 5) is 16.3. The van der Waals surface area contributed by atoms with Crippen LogP contribution in [0, 0.1) is 5.41 Å². The normalized spacial score (nSPS) is 16.5. The summed E-state index contributed by atoms with van der Waals surface area (Å²) in [5, 5.41) is 3.35. The molecule has 0 aromatic carbocycles. The summed E-state index contributed by atoms with van der Waals surface area (Å²) in [5.41, 5.74) is 2.10. The van der Waals surface area contributed by atoms with Crippen molar-refractivity contribution in [2.24, 2.45) is 5.41 Å². The van der Waals surface area contributed by atoms with E-state index in [0.717, 1.165) is 30.0 Å². The molecule has 1 aliphatic heterocycles. The van der Waals surface area contributed by atoms with E-state index in [1.54, 1.807) is 18.5 Å². The molecule has 1 N–H and O–H groups in total. The first-order valence-corrected chi connectivity index (χ1v) is 6.44. The highest BCUT2D eigenvalue weighted by atomic mass is 16.1. The lowest BCUT2D eigenvalue weighted by Gasteiger charge is -2.33. The molecule has 2 aromatic rings. The molecular weight excluding hydrogens is 238 g/mol. The van der Waals surface area contributed by atoms with Crippen LogP contribution >= 0.6 is 0 Å². The van der Waals surface area contributed by atoms with Gasteiger partial charge in [-0.1, -0.05) is 13.8 Å². The second kappa shape index (κ2) is 4.23. The van der Waals surface area contributed by atoms with Crippen molar-refractivity contribution in [2.45, 2.75) is 20.4 Å². The lowest BCUT2D eigenvalue weighted by atomic mass is 9.91. The lowest BCUT2D eigenvalue weighted by Crippen LogP contribution is -2.39. The Balaban J connectivity index is 2.09. The first kappa shape index (κ1) is 12.0. The van der Waals surface area contributed by atoms with E-state index in [2.05, 4.69) is 24.1 Å². The average molecular weight is 255 g/mol. The maximum absolute atomic E-state index is 12.3. The number of nitrogens with zero attached hydrogens (tertiary/aromatic N) is 2. The fourth-order valence-electron chi connectivity index (χ4n) is 2.43. The average Bonchev–Trinajstić information content (AvgIpc) is 2.40. The Bertz CT molecular complexity index is 659. The number of nitrogens with one attached hydrogen (secondary N) is 1. The summed E-state index contributed by atoms with van der Waals surface area (Å²) in [6.07, 6.45) is 3.48. The molecule has 4 nitrogen and oxygen atoms in total. The Morgan fingerprint density at radius 2 is 1.95 bits per heavy atom. The molecule has 3 heterocycles. The van der Waals surface area contributed by atoms with Gasteiger partial charge in [-0.15, -0.1) is 0 Å². The fourth-order valence-corrected chi connectivity index (χ4v) is 2.43. The van der Waals surface area contributed by atoms with Crippen molar-refractivity contribution in [3.8, 4) is 11.1 Å². The van der Waals surface area contributed by atoms with Crippen LogP contribution in [0.25, 0.3) is 11.1 Å². The van der Waals surface area contributed by atoms with E-state index in [1.165, 1.54) is 0 Å². The number of aromatic nitrogens is 2. The predicted octanol–water partition coefficient (Wildman–Crippen LogP) is 2.36. The Morgan fingerprint density at radius 1 is 1.21 bits per heavy atom. The molecule has 0 spiro atoms. The van der Waals surface area contributed by atoms with E-state index in [-0.39, 0.29) is 11.0 Å². The van der Waals surface area contributed by atoms with Crippen molar-refractivity contribution in [2.75, 3.05) is 11.9 Å². The minimum atomic E-state index is 0.0459. The zero-order valence-corrected chi connectivity index (χ0v) is 11.2. The molecular formula is C15H17N3O. The smallest absolute Gasteiger partial charge is 0.252 e. The maximum atomic E-state index is 12.3. The zero-order chi connectivity index (χ0) is 13.5. The van der Waals surface area contributed by atoms with Gasteiger partial charge in [0.25, 0.3) is 5.56 Å². The molecule has 0 atom stereocenters.